The topological polar surface area (TPSA) is 59.7 Å². The van der Waals surface area contributed by atoms with Crippen molar-refractivity contribution in [3.63, 3.8) is 0 Å². The molecule has 0 unspecified atom stereocenters. The average molecular weight is 407 g/mol. The monoisotopic (exact) mass is 406 g/mol. The van der Waals surface area contributed by atoms with Crippen molar-refractivity contribution in [1.29, 1.82) is 0 Å². The maximum absolute atomic E-state index is 12.1. The molecule has 158 valence electrons. The highest BCUT2D eigenvalue weighted by Crippen LogP contribution is 2.36. The lowest BCUT2D eigenvalue weighted by Crippen LogP contribution is -2.35. The summed E-state index contributed by atoms with van der Waals surface area (Å²) in [7, 11) is 0. The van der Waals surface area contributed by atoms with E-state index in [-0.39, 0.29) is 5.91 Å². The van der Waals surface area contributed by atoms with E-state index in [1.165, 1.54) is 22.4 Å². The number of ether oxygens (including phenoxy) is 1. The Morgan fingerprint density at radius 3 is 2.77 bits per heavy atom. The number of fused-ring (bicyclic) bond motifs is 1. The molecule has 3 heterocycles. The van der Waals surface area contributed by atoms with E-state index >= 15 is 0 Å². The van der Waals surface area contributed by atoms with Crippen molar-refractivity contribution in [3.8, 4) is 11.3 Å². The number of rotatable bonds is 4. The Labute approximate surface area is 178 Å². The molecule has 0 N–H and O–H groups in total. The van der Waals surface area contributed by atoms with Crippen LogP contribution in [0.25, 0.3) is 17.3 Å². The first kappa shape index (κ1) is 20.5. The van der Waals surface area contributed by atoms with Gasteiger partial charge in [0, 0.05) is 62.7 Å². The molecule has 1 saturated heterocycles. The van der Waals surface area contributed by atoms with Gasteiger partial charge in [0.05, 0.1) is 11.7 Å². The van der Waals surface area contributed by atoms with Gasteiger partial charge in [-0.2, -0.15) is 5.10 Å². The predicted molar refractivity (Wildman–Crippen MR) is 120 cm³/mol. The van der Waals surface area contributed by atoms with Crippen molar-refractivity contribution in [2.75, 3.05) is 19.8 Å². The lowest BCUT2D eigenvalue weighted by Gasteiger charge is -2.29. The molecule has 2 aliphatic rings. The molecular formula is C24H30N4O2. The van der Waals surface area contributed by atoms with Gasteiger partial charge in [-0.25, -0.2) is 0 Å². The van der Waals surface area contributed by atoms with Crippen molar-refractivity contribution >= 4 is 18.7 Å². The zero-order valence-electron chi connectivity index (χ0n) is 18.1. The predicted octanol–water partition coefficient (Wildman–Crippen LogP) is 4.09. The molecule has 6 heteroatoms. The molecule has 0 spiro atoms. The fourth-order valence-electron chi connectivity index (χ4n) is 4.67. The molecule has 0 atom stereocenters. The van der Waals surface area contributed by atoms with Gasteiger partial charge in [-0.15, -0.1) is 0 Å². The van der Waals surface area contributed by atoms with Crippen LogP contribution in [-0.4, -0.2) is 47.1 Å². The normalized spacial score (nSPS) is 17.4. The molecule has 0 radical (unpaired) electrons. The molecule has 30 heavy (non-hydrogen) atoms. The van der Waals surface area contributed by atoms with Crippen molar-refractivity contribution in [2.45, 2.75) is 52.6 Å². The fourth-order valence-corrected chi connectivity index (χ4v) is 4.67. The number of nitrogens with zero attached hydrogens (tertiary/aromatic N) is 4. The Morgan fingerprint density at radius 1 is 1.30 bits per heavy atom. The van der Waals surface area contributed by atoms with Crippen LogP contribution in [0.2, 0.25) is 0 Å². The van der Waals surface area contributed by atoms with Crippen LogP contribution < -0.4 is 0 Å². The Kier molecular flexibility index (Phi) is 5.86. The van der Waals surface area contributed by atoms with Crippen LogP contribution >= 0.6 is 0 Å². The van der Waals surface area contributed by atoms with Gasteiger partial charge in [-0.3, -0.25) is 14.5 Å². The lowest BCUT2D eigenvalue weighted by molar-refractivity contribution is -0.129. The average Bonchev–Trinajstić information content (AvgIpc) is 3.13. The van der Waals surface area contributed by atoms with Crippen LogP contribution in [0.3, 0.4) is 0 Å². The number of aromatic nitrogens is 2. The summed E-state index contributed by atoms with van der Waals surface area (Å²) in [4.78, 5) is 17.9. The molecule has 6 nitrogen and oxygen atoms in total. The minimum Gasteiger partial charge on any atom is -0.381 e. The van der Waals surface area contributed by atoms with E-state index in [4.69, 9.17) is 9.84 Å². The minimum absolute atomic E-state index is 0.117. The summed E-state index contributed by atoms with van der Waals surface area (Å²) in [5, 5.41) is 5.15. The molecule has 0 aliphatic carbocycles. The smallest absolute Gasteiger partial charge is 0.219 e. The van der Waals surface area contributed by atoms with Crippen LogP contribution in [0.15, 0.2) is 23.3 Å². The molecule has 2 aliphatic heterocycles. The Balaban J connectivity index is 1.86. The molecule has 1 aromatic heterocycles. The van der Waals surface area contributed by atoms with Crippen molar-refractivity contribution in [3.05, 3.63) is 46.3 Å². The molecule has 1 amide bonds. The number of carbonyl (C=O) groups excluding carboxylic acids is 1. The highest BCUT2D eigenvalue weighted by Gasteiger charge is 2.30. The Bertz CT molecular complexity index is 999. The van der Waals surface area contributed by atoms with Gasteiger partial charge < -0.3 is 9.64 Å². The molecule has 4 rings (SSSR count). The highest BCUT2D eigenvalue weighted by atomic mass is 16.5. The Morgan fingerprint density at radius 2 is 2.07 bits per heavy atom. The van der Waals surface area contributed by atoms with Gasteiger partial charge in [0.2, 0.25) is 5.91 Å². The van der Waals surface area contributed by atoms with E-state index in [9.17, 15) is 4.79 Å². The van der Waals surface area contributed by atoms with E-state index in [0.717, 1.165) is 55.8 Å². The molecule has 2 aromatic rings. The van der Waals surface area contributed by atoms with Gasteiger partial charge in [-0.1, -0.05) is 12.1 Å². The lowest BCUT2D eigenvalue weighted by atomic mass is 9.92. The van der Waals surface area contributed by atoms with Gasteiger partial charge in [0.25, 0.3) is 0 Å². The van der Waals surface area contributed by atoms with Crippen LogP contribution in [0.5, 0.6) is 0 Å². The molecule has 1 aromatic carbocycles. The zero-order chi connectivity index (χ0) is 21.3. The third-order valence-corrected chi connectivity index (χ3v) is 6.40. The molecule has 0 saturated carbocycles. The number of hydrogen-bond acceptors (Lipinski definition) is 4. The Hall–Kier alpha value is -2.73. The van der Waals surface area contributed by atoms with Crippen molar-refractivity contribution in [1.82, 2.24) is 14.7 Å². The highest BCUT2D eigenvalue weighted by molar-refractivity contribution is 5.77. The number of carbonyl (C=O) groups is 1. The molecule has 0 bridgehead atoms. The second-order valence-corrected chi connectivity index (χ2v) is 8.22. The van der Waals surface area contributed by atoms with E-state index < -0.39 is 0 Å². The number of aliphatic imine (C=N–C) groups is 1. The van der Waals surface area contributed by atoms with Crippen LogP contribution in [0.1, 0.15) is 53.8 Å². The van der Waals surface area contributed by atoms with Crippen LogP contribution in [0.4, 0.5) is 0 Å². The number of aryl methyl sites for hydroxylation is 1. The second kappa shape index (κ2) is 8.56. The maximum atomic E-state index is 12.1. The van der Waals surface area contributed by atoms with Crippen molar-refractivity contribution < 1.29 is 9.53 Å². The zero-order valence-corrected chi connectivity index (χ0v) is 18.1. The van der Waals surface area contributed by atoms with Gasteiger partial charge >= 0.3 is 0 Å². The summed E-state index contributed by atoms with van der Waals surface area (Å²) >= 11 is 0. The summed E-state index contributed by atoms with van der Waals surface area (Å²) in [5.74, 6) is 0.117. The number of hydrogen-bond donors (Lipinski definition) is 0. The molecule has 1 fully saturated rings. The third-order valence-electron chi connectivity index (χ3n) is 6.40. The summed E-state index contributed by atoms with van der Waals surface area (Å²) < 4.78 is 7.82. The first-order chi connectivity index (χ1) is 14.5. The summed E-state index contributed by atoms with van der Waals surface area (Å²) in [6.07, 6.45) is 6.54. The van der Waals surface area contributed by atoms with E-state index in [1.54, 1.807) is 13.1 Å². The van der Waals surface area contributed by atoms with Crippen LogP contribution in [-0.2, 0) is 22.5 Å². The summed E-state index contributed by atoms with van der Waals surface area (Å²) in [6.45, 7) is 12.4. The van der Waals surface area contributed by atoms with Gasteiger partial charge in [-0.05, 0) is 56.2 Å². The first-order valence-electron chi connectivity index (χ1n) is 10.7. The van der Waals surface area contributed by atoms with E-state index in [0.29, 0.717) is 12.6 Å². The fraction of sp³-hybridized carbons (Fsp3) is 0.458. The van der Waals surface area contributed by atoms with Crippen LogP contribution in [0, 0.1) is 13.8 Å². The number of amides is 1. The van der Waals surface area contributed by atoms with E-state index in [1.807, 2.05) is 11.0 Å². The summed E-state index contributed by atoms with van der Waals surface area (Å²) in [5.41, 5.74) is 8.10. The SMILES string of the molecule is C=N/C=C\c1c(C)ccc(-c2nn(C3CCOCC3)c3c2CN(C(C)=O)CC3)c1C. The number of benzene rings is 1. The van der Waals surface area contributed by atoms with Crippen molar-refractivity contribution in [2.24, 2.45) is 4.99 Å². The molecular weight excluding hydrogens is 376 g/mol. The minimum atomic E-state index is 0.117. The second-order valence-electron chi connectivity index (χ2n) is 8.22. The summed E-state index contributed by atoms with van der Waals surface area (Å²) in [6, 6.07) is 4.66. The van der Waals surface area contributed by atoms with Gasteiger partial charge in [0.1, 0.15) is 0 Å². The standard InChI is InChI=1S/C24H30N4O2/c1-16-5-6-21(17(2)20(16)7-11-25-4)24-22-15-27(18(3)29)12-8-23(22)28(26-24)19-9-13-30-14-10-19/h5-7,11,19H,4,8-10,12-15H2,1-3H3/b11-7-. The first-order valence-corrected chi connectivity index (χ1v) is 10.7. The largest absolute Gasteiger partial charge is 0.381 e. The van der Waals surface area contributed by atoms with Gasteiger partial charge in [0.15, 0.2) is 0 Å². The maximum Gasteiger partial charge on any atom is 0.219 e. The quantitative estimate of drug-likeness (QED) is 0.719. The third kappa shape index (κ3) is 3.72. The van der Waals surface area contributed by atoms with E-state index in [2.05, 4.69) is 42.4 Å².